The minimum Gasteiger partial charge on any atom is -0.508 e. The maximum Gasteiger partial charge on any atom is 0.323 e. The highest BCUT2D eigenvalue weighted by Gasteiger charge is 2.33. The van der Waals surface area contributed by atoms with Gasteiger partial charge in [-0.05, 0) is 36.2 Å². The van der Waals surface area contributed by atoms with Crippen molar-refractivity contribution in [2.24, 2.45) is 0 Å². The van der Waals surface area contributed by atoms with Crippen molar-refractivity contribution in [1.82, 2.24) is 9.21 Å². The number of carbonyl (C=O) groups excluding carboxylic acids is 1. The van der Waals surface area contributed by atoms with Crippen LogP contribution in [0.25, 0.3) is 0 Å². The van der Waals surface area contributed by atoms with E-state index in [0.717, 1.165) is 4.90 Å². The normalized spacial score (nSPS) is 19.9. The molecule has 0 bridgehead atoms. The molecule has 0 spiro atoms. The predicted molar refractivity (Wildman–Crippen MR) is 74.3 cm³/mol. The monoisotopic (exact) mass is 296 g/mol. The Kier molecular flexibility index (Phi) is 4.51. The van der Waals surface area contributed by atoms with Crippen LogP contribution in [0.5, 0.6) is 5.75 Å². The molecule has 6 nitrogen and oxygen atoms in total. The Morgan fingerprint density at radius 3 is 2.45 bits per heavy atom. The Hall–Kier alpha value is -1.73. The number of aromatic hydroxyl groups is 1. The van der Waals surface area contributed by atoms with Crippen LogP contribution in [0.1, 0.15) is 6.92 Å². The Morgan fingerprint density at radius 2 is 1.90 bits per heavy atom. The van der Waals surface area contributed by atoms with E-state index in [-0.39, 0.29) is 18.2 Å². The number of carbonyl (C=O) groups is 2. The summed E-state index contributed by atoms with van der Waals surface area (Å²) in [6, 6.07) is 5.85. The molecule has 1 fully saturated rings. The molecule has 7 heteroatoms. The number of phenolic OH excluding ortho intramolecular Hbond substituents is 1. The zero-order valence-corrected chi connectivity index (χ0v) is 11.8. The zero-order valence-electron chi connectivity index (χ0n) is 11.0. The van der Waals surface area contributed by atoms with Crippen LogP contribution in [0.15, 0.2) is 29.2 Å². The van der Waals surface area contributed by atoms with Crippen molar-refractivity contribution in [2.45, 2.75) is 17.9 Å². The lowest BCUT2D eigenvalue weighted by Crippen LogP contribution is -2.54. The van der Waals surface area contributed by atoms with E-state index in [4.69, 9.17) is 0 Å². The van der Waals surface area contributed by atoms with E-state index in [2.05, 4.69) is 0 Å². The van der Waals surface area contributed by atoms with Crippen LogP contribution in [0.3, 0.4) is 0 Å². The fourth-order valence-electron chi connectivity index (χ4n) is 2.01. The zero-order chi connectivity index (χ0) is 14.7. The van der Waals surface area contributed by atoms with Crippen LogP contribution in [-0.4, -0.2) is 57.0 Å². The molecule has 0 saturated carbocycles. The van der Waals surface area contributed by atoms with Crippen molar-refractivity contribution in [2.75, 3.05) is 19.6 Å². The number of benzene rings is 1. The Bertz CT molecular complexity index is 506. The van der Waals surface area contributed by atoms with Gasteiger partial charge in [0.1, 0.15) is 11.8 Å². The molecule has 1 unspecified atom stereocenters. The van der Waals surface area contributed by atoms with Gasteiger partial charge in [0.05, 0.1) is 0 Å². The highest BCUT2D eigenvalue weighted by Crippen LogP contribution is 2.28. The van der Waals surface area contributed by atoms with E-state index in [1.165, 1.54) is 18.9 Å². The van der Waals surface area contributed by atoms with Crippen LogP contribution >= 0.6 is 11.9 Å². The summed E-state index contributed by atoms with van der Waals surface area (Å²) in [5, 5.41) is 18.5. The number of nitrogens with zero attached hydrogens (tertiary/aromatic N) is 2. The highest BCUT2D eigenvalue weighted by molar-refractivity contribution is 7.97. The number of hydrogen-bond donors (Lipinski definition) is 2. The van der Waals surface area contributed by atoms with Crippen LogP contribution < -0.4 is 0 Å². The summed E-state index contributed by atoms with van der Waals surface area (Å²) in [4.78, 5) is 25.1. The first kappa shape index (κ1) is 14.7. The van der Waals surface area contributed by atoms with E-state index < -0.39 is 12.0 Å². The molecule has 2 rings (SSSR count). The number of carboxylic acids is 1. The van der Waals surface area contributed by atoms with Gasteiger partial charge in [-0.1, -0.05) is 0 Å². The van der Waals surface area contributed by atoms with Gasteiger partial charge in [0.15, 0.2) is 0 Å². The van der Waals surface area contributed by atoms with Crippen molar-refractivity contribution >= 4 is 23.8 Å². The Morgan fingerprint density at radius 1 is 1.25 bits per heavy atom. The fraction of sp³-hybridized carbons (Fsp3) is 0.385. The first-order valence-electron chi connectivity index (χ1n) is 6.19. The van der Waals surface area contributed by atoms with E-state index in [9.17, 15) is 19.8 Å². The standard InChI is InChI=1S/C13H16N2O4S/c1-9(16)14-6-7-15(12(8-14)13(18)19)20-11-4-2-10(17)3-5-11/h2-5,12,17H,6-8H2,1H3,(H,18,19). The van der Waals surface area contributed by atoms with Crippen molar-refractivity contribution in [3.63, 3.8) is 0 Å². The average Bonchev–Trinajstić information content (AvgIpc) is 2.41. The molecule has 108 valence electrons. The molecule has 1 saturated heterocycles. The van der Waals surface area contributed by atoms with Gasteiger partial charge in [0.2, 0.25) is 5.91 Å². The lowest BCUT2D eigenvalue weighted by atomic mass is 10.2. The van der Waals surface area contributed by atoms with Gasteiger partial charge < -0.3 is 15.1 Å². The summed E-state index contributed by atoms with van der Waals surface area (Å²) >= 11 is 1.33. The van der Waals surface area contributed by atoms with Crippen molar-refractivity contribution in [3.05, 3.63) is 24.3 Å². The van der Waals surface area contributed by atoms with E-state index in [1.807, 2.05) is 0 Å². The van der Waals surface area contributed by atoms with Gasteiger partial charge >= 0.3 is 5.97 Å². The number of rotatable bonds is 3. The lowest BCUT2D eigenvalue weighted by molar-refractivity contribution is -0.144. The summed E-state index contributed by atoms with van der Waals surface area (Å²) < 4.78 is 1.76. The maximum atomic E-state index is 11.3. The third-order valence-electron chi connectivity index (χ3n) is 3.12. The Labute approximate surface area is 121 Å². The topological polar surface area (TPSA) is 81.1 Å². The number of phenols is 1. The minimum absolute atomic E-state index is 0.106. The molecule has 1 amide bonds. The van der Waals surface area contributed by atoms with E-state index >= 15 is 0 Å². The molecule has 0 aliphatic carbocycles. The maximum absolute atomic E-state index is 11.3. The van der Waals surface area contributed by atoms with Gasteiger partial charge in [-0.25, -0.2) is 4.31 Å². The molecule has 1 aliphatic rings. The molecule has 0 radical (unpaired) electrons. The van der Waals surface area contributed by atoms with E-state index in [1.54, 1.807) is 33.5 Å². The molecule has 1 aromatic rings. The minimum atomic E-state index is -0.942. The molecule has 1 aromatic carbocycles. The SMILES string of the molecule is CC(=O)N1CCN(Sc2ccc(O)cc2)C(C(=O)O)C1. The summed E-state index contributed by atoms with van der Waals surface area (Å²) in [7, 11) is 0. The predicted octanol–water partition coefficient (Wildman–Crippen LogP) is 1.02. The molecule has 20 heavy (non-hydrogen) atoms. The van der Waals surface area contributed by atoms with Crippen molar-refractivity contribution in [1.29, 1.82) is 0 Å². The van der Waals surface area contributed by atoms with Gasteiger partial charge in [-0.15, -0.1) is 0 Å². The van der Waals surface area contributed by atoms with Gasteiger partial charge in [-0.3, -0.25) is 9.59 Å². The molecule has 1 heterocycles. The van der Waals surface area contributed by atoms with Crippen LogP contribution in [0.2, 0.25) is 0 Å². The highest BCUT2D eigenvalue weighted by atomic mass is 32.2. The van der Waals surface area contributed by atoms with Crippen LogP contribution in [0, 0.1) is 0 Å². The molecule has 0 aromatic heterocycles. The van der Waals surface area contributed by atoms with Gasteiger partial charge in [-0.2, -0.15) is 0 Å². The number of amides is 1. The molecule has 1 aliphatic heterocycles. The third kappa shape index (κ3) is 3.43. The summed E-state index contributed by atoms with van der Waals surface area (Å²) in [6.45, 7) is 2.64. The molecule has 2 N–H and O–H groups in total. The second kappa shape index (κ2) is 6.15. The lowest BCUT2D eigenvalue weighted by Gasteiger charge is -2.37. The van der Waals surface area contributed by atoms with Crippen molar-refractivity contribution in [3.8, 4) is 5.75 Å². The first-order valence-corrected chi connectivity index (χ1v) is 6.96. The fourth-order valence-corrected chi connectivity index (χ4v) is 2.99. The summed E-state index contributed by atoms with van der Waals surface area (Å²) in [5.74, 6) is -0.877. The first-order chi connectivity index (χ1) is 9.47. The second-order valence-corrected chi connectivity index (χ2v) is 5.67. The second-order valence-electron chi connectivity index (χ2n) is 4.54. The molecule has 1 atom stereocenters. The van der Waals surface area contributed by atoms with E-state index in [0.29, 0.717) is 13.1 Å². The summed E-state index contributed by atoms with van der Waals surface area (Å²) in [6.07, 6.45) is 0. The van der Waals surface area contributed by atoms with Gasteiger partial charge in [0.25, 0.3) is 0 Å². The summed E-state index contributed by atoms with van der Waals surface area (Å²) in [5.41, 5.74) is 0. The Balaban J connectivity index is 2.08. The smallest absolute Gasteiger partial charge is 0.323 e. The van der Waals surface area contributed by atoms with Crippen molar-refractivity contribution < 1.29 is 19.8 Å². The van der Waals surface area contributed by atoms with Gasteiger partial charge in [0, 0.05) is 31.5 Å². The number of aliphatic carboxylic acids is 1. The van der Waals surface area contributed by atoms with Crippen LogP contribution in [-0.2, 0) is 9.59 Å². The molecular formula is C13H16N2O4S. The van der Waals surface area contributed by atoms with Crippen LogP contribution in [0.4, 0.5) is 0 Å². The largest absolute Gasteiger partial charge is 0.508 e. The molecular weight excluding hydrogens is 280 g/mol. The number of hydrogen-bond acceptors (Lipinski definition) is 5. The number of carboxylic acid groups (broad SMARTS) is 1. The average molecular weight is 296 g/mol. The number of piperazine rings is 1. The third-order valence-corrected chi connectivity index (χ3v) is 4.28. The quantitative estimate of drug-likeness (QED) is 0.811.